The number of carbonyl (C=O) groups excluding carboxylic acids is 2. The first-order chi connectivity index (χ1) is 13.3. The minimum absolute atomic E-state index is 0.00699. The van der Waals surface area contributed by atoms with Gasteiger partial charge in [0.25, 0.3) is 11.1 Å². The topological polar surface area (TPSA) is 98.8 Å². The molecule has 1 heterocycles. The van der Waals surface area contributed by atoms with Gasteiger partial charge in [-0.25, -0.2) is 0 Å². The average Bonchev–Trinajstić information content (AvgIpc) is 2.96. The van der Waals surface area contributed by atoms with Gasteiger partial charge in [-0.2, -0.15) is 8.42 Å². The molecule has 28 heavy (non-hydrogen) atoms. The Hall–Kier alpha value is -2.30. The maximum atomic E-state index is 12.5. The molecule has 1 aliphatic heterocycles. The van der Waals surface area contributed by atoms with Crippen molar-refractivity contribution >= 4 is 55.0 Å². The van der Waals surface area contributed by atoms with Gasteiger partial charge in [0.1, 0.15) is 4.90 Å². The van der Waals surface area contributed by atoms with E-state index in [2.05, 4.69) is 21.2 Å². The normalized spacial score (nSPS) is 15.6. The van der Waals surface area contributed by atoms with Crippen LogP contribution in [0.25, 0.3) is 6.08 Å². The van der Waals surface area contributed by atoms with Crippen LogP contribution in [0.4, 0.5) is 4.79 Å². The van der Waals surface area contributed by atoms with Crippen LogP contribution in [-0.4, -0.2) is 26.2 Å². The van der Waals surface area contributed by atoms with Gasteiger partial charge >= 0.3 is 10.1 Å². The van der Waals surface area contributed by atoms with Crippen LogP contribution in [0.2, 0.25) is 0 Å². The highest BCUT2D eigenvalue weighted by Crippen LogP contribution is 2.40. The molecule has 7 nitrogen and oxygen atoms in total. The molecule has 1 saturated heterocycles. The standard InChI is InChI=1S/C18H14BrNO6S2/c1-2-25-14-9-11(10-15-17(21)20-18(22)27-15)8-13(19)16(14)26-28(23,24)12-6-4-3-5-7-12/h3-10H,2H2,1H3,(H,20,21,22)/b15-10-. The molecule has 0 radical (unpaired) electrons. The molecule has 146 valence electrons. The minimum Gasteiger partial charge on any atom is -0.490 e. The predicted molar refractivity (Wildman–Crippen MR) is 109 cm³/mol. The Labute approximate surface area is 174 Å². The number of nitrogens with one attached hydrogen (secondary N) is 1. The van der Waals surface area contributed by atoms with E-state index in [1.165, 1.54) is 24.3 Å². The summed E-state index contributed by atoms with van der Waals surface area (Å²) in [7, 11) is -4.07. The summed E-state index contributed by atoms with van der Waals surface area (Å²) >= 11 is 4.08. The van der Waals surface area contributed by atoms with Crippen molar-refractivity contribution in [2.75, 3.05) is 6.61 Å². The zero-order chi connectivity index (χ0) is 20.3. The van der Waals surface area contributed by atoms with Crippen molar-refractivity contribution in [3.05, 3.63) is 57.4 Å². The van der Waals surface area contributed by atoms with Crippen LogP contribution < -0.4 is 14.2 Å². The monoisotopic (exact) mass is 483 g/mol. The second kappa shape index (κ2) is 8.38. The van der Waals surface area contributed by atoms with Crippen molar-refractivity contribution in [2.24, 2.45) is 0 Å². The smallest absolute Gasteiger partial charge is 0.339 e. The second-order valence-corrected chi connectivity index (χ2v) is 8.88. The molecule has 2 aromatic rings. The second-order valence-electron chi connectivity index (χ2n) is 5.47. The molecular formula is C18H14BrNO6S2. The van der Waals surface area contributed by atoms with Crippen LogP contribution in [0.1, 0.15) is 12.5 Å². The van der Waals surface area contributed by atoms with Gasteiger partial charge in [-0.3, -0.25) is 14.9 Å². The molecule has 0 bridgehead atoms. The third-order valence-electron chi connectivity index (χ3n) is 3.50. The van der Waals surface area contributed by atoms with E-state index in [4.69, 9.17) is 8.92 Å². The molecule has 3 rings (SSSR count). The molecule has 0 unspecified atom stereocenters. The quantitative estimate of drug-likeness (QED) is 0.490. The number of hydrogen-bond acceptors (Lipinski definition) is 7. The van der Waals surface area contributed by atoms with Crippen LogP contribution in [0.3, 0.4) is 0 Å². The lowest BCUT2D eigenvalue weighted by Gasteiger charge is -2.14. The molecular weight excluding hydrogens is 470 g/mol. The van der Waals surface area contributed by atoms with Crippen molar-refractivity contribution in [2.45, 2.75) is 11.8 Å². The van der Waals surface area contributed by atoms with Crippen LogP contribution in [0.15, 0.2) is 56.7 Å². The number of amides is 2. The Morgan fingerprint density at radius 2 is 1.89 bits per heavy atom. The van der Waals surface area contributed by atoms with Gasteiger partial charge in [0.05, 0.1) is 16.0 Å². The number of ether oxygens (including phenoxy) is 1. The summed E-state index contributed by atoms with van der Waals surface area (Å²) in [5.41, 5.74) is 0.534. The van der Waals surface area contributed by atoms with E-state index in [0.717, 1.165) is 11.8 Å². The Morgan fingerprint density at radius 1 is 1.18 bits per heavy atom. The number of thioether (sulfide) groups is 1. The molecule has 0 aromatic heterocycles. The molecule has 1 fully saturated rings. The lowest BCUT2D eigenvalue weighted by atomic mass is 10.2. The van der Waals surface area contributed by atoms with Crippen LogP contribution >= 0.6 is 27.7 Å². The molecule has 0 spiro atoms. The van der Waals surface area contributed by atoms with E-state index >= 15 is 0 Å². The molecule has 0 aliphatic carbocycles. The van der Waals surface area contributed by atoms with Crippen LogP contribution in [0, 0.1) is 0 Å². The number of carbonyl (C=O) groups is 2. The highest BCUT2D eigenvalue weighted by Gasteiger charge is 2.26. The summed E-state index contributed by atoms with van der Waals surface area (Å²) in [5.74, 6) is -0.318. The molecule has 1 N–H and O–H groups in total. The van der Waals surface area contributed by atoms with Gasteiger partial charge in [-0.15, -0.1) is 0 Å². The summed E-state index contributed by atoms with van der Waals surface area (Å²) in [5, 5.41) is 1.72. The Kier molecular flexibility index (Phi) is 6.11. The fourth-order valence-electron chi connectivity index (χ4n) is 2.33. The van der Waals surface area contributed by atoms with Gasteiger partial charge in [0, 0.05) is 0 Å². The number of imide groups is 1. The van der Waals surface area contributed by atoms with Crippen LogP contribution in [0.5, 0.6) is 11.5 Å². The lowest BCUT2D eigenvalue weighted by molar-refractivity contribution is -0.115. The number of hydrogen-bond donors (Lipinski definition) is 1. The van der Waals surface area contributed by atoms with Crippen molar-refractivity contribution in [1.29, 1.82) is 0 Å². The first-order valence-electron chi connectivity index (χ1n) is 8.01. The largest absolute Gasteiger partial charge is 0.490 e. The van der Waals surface area contributed by atoms with Gasteiger partial charge < -0.3 is 8.92 Å². The lowest BCUT2D eigenvalue weighted by Crippen LogP contribution is -2.17. The van der Waals surface area contributed by atoms with Crippen LogP contribution in [-0.2, 0) is 14.9 Å². The summed E-state index contributed by atoms with van der Waals surface area (Å²) < 4.78 is 36.3. The predicted octanol–water partition coefficient (Wildman–Crippen LogP) is 3.94. The first-order valence-corrected chi connectivity index (χ1v) is 11.0. The maximum absolute atomic E-state index is 12.5. The maximum Gasteiger partial charge on any atom is 0.339 e. The Bertz CT molecular complexity index is 1070. The van der Waals surface area contributed by atoms with Gasteiger partial charge in [0.15, 0.2) is 11.5 Å². The SMILES string of the molecule is CCOc1cc(/C=C2\SC(=O)NC2=O)cc(Br)c1OS(=O)(=O)c1ccccc1. The zero-order valence-electron chi connectivity index (χ0n) is 14.5. The van der Waals surface area contributed by atoms with Crippen molar-refractivity contribution < 1.29 is 26.9 Å². The van der Waals surface area contributed by atoms with Crippen molar-refractivity contribution in [1.82, 2.24) is 5.32 Å². The Balaban J connectivity index is 1.99. The average molecular weight is 484 g/mol. The third-order valence-corrected chi connectivity index (χ3v) is 6.13. The zero-order valence-corrected chi connectivity index (χ0v) is 17.7. The van der Waals surface area contributed by atoms with E-state index in [9.17, 15) is 18.0 Å². The molecule has 1 aliphatic rings. The van der Waals surface area contributed by atoms with E-state index in [1.54, 1.807) is 31.2 Å². The van der Waals surface area contributed by atoms with E-state index in [0.29, 0.717) is 10.0 Å². The van der Waals surface area contributed by atoms with Crippen molar-refractivity contribution in [3.63, 3.8) is 0 Å². The fourth-order valence-corrected chi connectivity index (χ4v) is 4.64. The van der Waals surface area contributed by atoms with Crippen molar-refractivity contribution in [3.8, 4) is 11.5 Å². The molecule has 0 saturated carbocycles. The molecule has 0 atom stereocenters. The van der Waals surface area contributed by atoms with Gasteiger partial charge in [-0.1, -0.05) is 18.2 Å². The highest BCUT2D eigenvalue weighted by molar-refractivity contribution is 9.10. The number of halogens is 1. The molecule has 10 heteroatoms. The highest BCUT2D eigenvalue weighted by atomic mass is 79.9. The molecule has 2 amide bonds. The number of rotatable bonds is 6. The number of benzene rings is 2. The molecule has 2 aromatic carbocycles. The Morgan fingerprint density at radius 3 is 2.50 bits per heavy atom. The minimum atomic E-state index is -4.07. The fraction of sp³-hybridized carbons (Fsp3) is 0.111. The van der Waals surface area contributed by atoms with Gasteiger partial charge in [0.2, 0.25) is 0 Å². The first kappa shape index (κ1) is 20.4. The van der Waals surface area contributed by atoms with E-state index < -0.39 is 21.3 Å². The summed E-state index contributed by atoms with van der Waals surface area (Å²) in [4.78, 5) is 23.3. The summed E-state index contributed by atoms with van der Waals surface area (Å²) in [6.45, 7) is 2.01. The summed E-state index contributed by atoms with van der Waals surface area (Å²) in [6.07, 6.45) is 1.51. The summed E-state index contributed by atoms with van der Waals surface area (Å²) in [6, 6.07) is 10.8. The van der Waals surface area contributed by atoms with E-state index in [1.807, 2.05) is 0 Å². The van der Waals surface area contributed by atoms with Gasteiger partial charge in [-0.05, 0) is 70.5 Å². The third kappa shape index (κ3) is 4.57. The van der Waals surface area contributed by atoms with E-state index in [-0.39, 0.29) is 27.9 Å².